The molecule has 0 aliphatic carbocycles. The van der Waals surface area contributed by atoms with Gasteiger partial charge in [-0.3, -0.25) is 4.79 Å². The second-order valence-corrected chi connectivity index (χ2v) is 4.77. The molecule has 1 aromatic heterocycles. The lowest BCUT2D eigenvalue weighted by atomic mass is 10.0. The highest BCUT2D eigenvalue weighted by Gasteiger charge is 2.16. The number of hydrogen-bond acceptors (Lipinski definition) is 5. The van der Waals surface area contributed by atoms with Crippen LogP contribution in [0.4, 0.5) is 0 Å². The fraction of sp³-hybridized carbons (Fsp3) is 0.0625. The van der Waals surface area contributed by atoms with Crippen molar-refractivity contribution in [1.29, 1.82) is 0 Å². The average Bonchev–Trinajstić information content (AvgIpc) is 2.46. The van der Waals surface area contributed by atoms with Gasteiger partial charge in [0.15, 0.2) is 11.5 Å². The fourth-order valence-corrected chi connectivity index (χ4v) is 2.29. The molecule has 0 spiro atoms. The van der Waals surface area contributed by atoms with Crippen LogP contribution in [0.1, 0.15) is 5.56 Å². The molecule has 3 N–H and O–H groups in total. The zero-order chi connectivity index (χ0) is 15.1. The van der Waals surface area contributed by atoms with Crippen LogP contribution in [0.15, 0.2) is 45.8 Å². The quantitative estimate of drug-likeness (QED) is 0.598. The summed E-state index contributed by atoms with van der Waals surface area (Å²) in [5, 5.41) is 28.8. The lowest BCUT2D eigenvalue weighted by Gasteiger charge is -2.07. The Morgan fingerprint density at radius 3 is 2.38 bits per heavy atom. The zero-order valence-electron chi connectivity index (χ0n) is 11.1. The van der Waals surface area contributed by atoms with Crippen molar-refractivity contribution in [3.63, 3.8) is 0 Å². The molecule has 0 saturated carbocycles. The number of benzene rings is 2. The minimum atomic E-state index is -0.336. The standard InChI is InChI=1S/C16H12O5/c1-8-14-13(6-12(18)15(8)19)21-7-11(16(14)20)9-2-4-10(17)5-3-9/h2-7,17-19H,1H3. The molecule has 0 amide bonds. The van der Waals surface area contributed by atoms with Gasteiger partial charge in [0.1, 0.15) is 17.6 Å². The number of phenols is 3. The van der Waals surface area contributed by atoms with Gasteiger partial charge in [0.05, 0.1) is 10.9 Å². The van der Waals surface area contributed by atoms with Gasteiger partial charge in [-0.05, 0) is 24.6 Å². The first-order valence-electron chi connectivity index (χ1n) is 6.25. The van der Waals surface area contributed by atoms with Crippen LogP contribution < -0.4 is 5.43 Å². The Hall–Kier alpha value is -2.95. The van der Waals surface area contributed by atoms with E-state index in [1.807, 2.05) is 0 Å². The smallest absolute Gasteiger partial charge is 0.200 e. The summed E-state index contributed by atoms with van der Waals surface area (Å²) in [7, 11) is 0. The molecular formula is C16H12O5. The molecule has 106 valence electrons. The van der Waals surface area contributed by atoms with Crippen LogP contribution in [0.5, 0.6) is 17.2 Å². The van der Waals surface area contributed by atoms with Gasteiger partial charge >= 0.3 is 0 Å². The number of aryl methyl sites for hydroxylation is 1. The van der Waals surface area contributed by atoms with Gasteiger partial charge < -0.3 is 19.7 Å². The molecule has 2 aromatic carbocycles. The van der Waals surface area contributed by atoms with Crippen LogP contribution in [-0.2, 0) is 0 Å². The summed E-state index contributed by atoms with van der Waals surface area (Å²) in [5.74, 6) is -0.569. The third-order valence-corrected chi connectivity index (χ3v) is 3.44. The molecule has 3 rings (SSSR count). The van der Waals surface area contributed by atoms with Gasteiger partial charge in [0.2, 0.25) is 5.43 Å². The van der Waals surface area contributed by atoms with Crippen LogP contribution >= 0.6 is 0 Å². The van der Waals surface area contributed by atoms with Crippen molar-refractivity contribution in [3.8, 4) is 28.4 Å². The molecule has 1 heterocycles. The summed E-state index contributed by atoms with van der Waals surface area (Å²) in [6.45, 7) is 1.54. The molecule has 0 unspecified atom stereocenters. The second-order valence-electron chi connectivity index (χ2n) is 4.77. The summed E-state index contributed by atoms with van der Waals surface area (Å²) in [6.07, 6.45) is 1.30. The minimum Gasteiger partial charge on any atom is -0.508 e. The largest absolute Gasteiger partial charge is 0.508 e. The molecule has 5 nitrogen and oxygen atoms in total. The molecule has 3 aromatic rings. The van der Waals surface area contributed by atoms with Crippen molar-refractivity contribution in [2.75, 3.05) is 0 Å². The molecule has 0 aliphatic heterocycles. The first-order chi connectivity index (χ1) is 9.99. The zero-order valence-corrected chi connectivity index (χ0v) is 11.1. The number of hydrogen-bond donors (Lipinski definition) is 3. The SMILES string of the molecule is Cc1c(O)c(O)cc2occ(-c3ccc(O)cc3)c(=O)c12. The highest BCUT2D eigenvalue weighted by Crippen LogP contribution is 2.34. The van der Waals surface area contributed by atoms with Crippen molar-refractivity contribution >= 4 is 11.0 Å². The van der Waals surface area contributed by atoms with Crippen molar-refractivity contribution < 1.29 is 19.7 Å². The Balaban J connectivity index is 2.35. The number of rotatable bonds is 1. The van der Waals surface area contributed by atoms with Gasteiger partial charge in [-0.15, -0.1) is 0 Å². The monoisotopic (exact) mass is 284 g/mol. The van der Waals surface area contributed by atoms with Crippen LogP contribution in [0.3, 0.4) is 0 Å². The summed E-state index contributed by atoms with van der Waals surface area (Å²) in [5.41, 5.74) is 1.07. The molecular weight excluding hydrogens is 272 g/mol. The van der Waals surface area contributed by atoms with E-state index in [0.717, 1.165) is 0 Å². The van der Waals surface area contributed by atoms with E-state index in [1.165, 1.54) is 31.4 Å². The molecule has 0 fully saturated rings. The maximum absolute atomic E-state index is 12.6. The van der Waals surface area contributed by atoms with Gasteiger partial charge in [-0.25, -0.2) is 0 Å². The number of aromatic hydroxyl groups is 3. The normalized spacial score (nSPS) is 10.9. The Morgan fingerprint density at radius 1 is 1.05 bits per heavy atom. The van der Waals surface area contributed by atoms with Crippen molar-refractivity contribution in [1.82, 2.24) is 0 Å². The molecule has 0 bridgehead atoms. The predicted octanol–water partition coefficient (Wildman–Crippen LogP) is 2.89. The van der Waals surface area contributed by atoms with Gasteiger partial charge in [0.25, 0.3) is 0 Å². The maximum atomic E-state index is 12.6. The van der Waals surface area contributed by atoms with E-state index in [9.17, 15) is 20.1 Å². The molecule has 21 heavy (non-hydrogen) atoms. The van der Waals surface area contributed by atoms with E-state index in [1.54, 1.807) is 12.1 Å². The van der Waals surface area contributed by atoms with Crippen molar-refractivity contribution in [2.24, 2.45) is 0 Å². The van der Waals surface area contributed by atoms with E-state index < -0.39 is 0 Å². The first-order valence-corrected chi connectivity index (χ1v) is 6.25. The molecule has 0 radical (unpaired) electrons. The van der Waals surface area contributed by atoms with Crippen LogP contribution in [0.2, 0.25) is 0 Å². The lowest BCUT2D eigenvalue weighted by Crippen LogP contribution is -2.06. The molecule has 5 heteroatoms. The highest BCUT2D eigenvalue weighted by molar-refractivity contribution is 5.88. The molecule has 0 atom stereocenters. The second kappa shape index (κ2) is 4.56. The van der Waals surface area contributed by atoms with Gasteiger partial charge in [0, 0.05) is 11.6 Å². The molecule has 0 saturated heterocycles. The predicted molar refractivity (Wildman–Crippen MR) is 77.7 cm³/mol. The average molecular weight is 284 g/mol. The first kappa shape index (κ1) is 13.1. The van der Waals surface area contributed by atoms with E-state index in [-0.39, 0.29) is 39.2 Å². The van der Waals surface area contributed by atoms with Crippen LogP contribution in [0.25, 0.3) is 22.1 Å². The van der Waals surface area contributed by atoms with Gasteiger partial charge in [-0.1, -0.05) is 12.1 Å². The summed E-state index contributed by atoms with van der Waals surface area (Å²) < 4.78 is 5.39. The summed E-state index contributed by atoms with van der Waals surface area (Å²) in [6, 6.07) is 7.35. The lowest BCUT2D eigenvalue weighted by molar-refractivity contribution is 0.401. The van der Waals surface area contributed by atoms with E-state index >= 15 is 0 Å². The summed E-state index contributed by atoms with van der Waals surface area (Å²) >= 11 is 0. The van der Waals surface area contributed by atoms with Crippen molar-refractivity contribution in [2.45, 2.75) is 6.92 Å². The highest BCUT2D eigenvalue weighted by atomic mass is 16.3. The minimum absolute atomic E-state index is 0.0997. The third kappa shape index (κ3) is 1.99. The van der Waals surface area contributed by atoms with Crippen molar-refractivity contribution in [3.05, 3.63) is 52.4 Å². The van der Waals surface area contributed by atoms with Crippen LogP contribution in [0, 0.1) is 6.92 Å². The fourth-order valence-electron chi connectivity index (χ4n) is 2.29. The van der Waals surface area contributed by atoms with E-state index in [2.05, 4.69) is 0 Å². The number of fused-ring (bicyclic) bond motifs is 1. The van der Waals surface area contributed by atoms with E-state index in [4.69, 9.17) is 4.42 Å². The Kier molecular flexibility index (Phi) is 2.83. The molecule has 0 aliphatic rings. The van der Waals surface area contributed by atoms with Gasteiger partial charge in [-0.2, -0.15) is 0 Å². The van der Waals surface area contributed by atoms with E-state index in [0.29, 0.717) is 11.1 Å². The maximum Gasteiger partial charge on any atom is 0.200 e. The topological polar surface area (TPSA) is 90.9 Å². The number of phenolic OH excluding ortho intramolecular Hbond substituents is 3. The third-order valence-electron chi connectivity index (χ3n) is 3.44. The summed E-state index contributed by atoms with van der Waals surface area (Å²) in [4.78, 5) is 12.6. The Morgan fingerprint density at radius 2 is 1.71 bits per heavy atom. The Bertz CT molecular complexity index is 891. The van der Waals surface area contributed by atoms with Crippen LogP contribution in [-0.4, -0.2) is 15.3 Å². The Labute approximate surface area is 119 Å².